The van der Waals surface area contributed by atoms with Crippen LogP contribution in [0.5, 0.6) is 0 Å². The van der Waals surface area contributed by atoms with Crippen molar-refractivity contribution in [2.24, 2.45) is 28.9 Å². The van der Waals surface area contributed by atoms with Gasteiger partial charge < -0.3 is 11.1 Å². The van der Waals surface area contributed by atoms with E-state index in [0.29, 0.717) is 5.41 Å². The van der Waals surface area contributed by atoms with Crippen molar-refractivity contribution >= 4 is 0 Å². The van der Waals surface area contributed by atoms with E-state index in [9.17, 15) is 0 Å². The summed E-state index contributed by atoms with van der Waals surface area (Å²) in [6.45, 7) is 8.18. The van der Waals surface area contributed by atoms with Crippen LogP contribution in [0.4, 0.5) is 0 Å². The van der Waals surface area contributed by atoms with E-state index in [1.807, 2.05) is 0 Å². The Hall–Kier alpha value is -0.0800. The van der Waals surface area contributed by atoms with Gasteiger partial charge in [-0.25, -0.2) is 0 Å². The highest BCUT2D eigenvalue weighted by molar-refractivity contribution is 4.94. The molecule has 2 bridgehead atoms. The third-order valence-corrected chi connectivity index (χ3v) is 4.15. The van der Waals surface area contributed by atoms with Crippen LogP contribution < -0.4 is 11.1 Å². The monoisotopic (exact) mass is 196 g/mol. The summed E-state index contributed by atoms with van der Waals surface area (Å²) >= 11 is 0. The number of rotatable bonds is 2. The van der Waals surface area contributed by atoms with Crippen LogP contribution >= 0.6 is 0 Å². The summed E-state index contributed by atoms with van der Waals surface area (Å²) in [5.41, 5.74) is 6.28. The van der Waals surface area contributed by atoms with Crippen LogP contribution in [-0.4, -0.2) is 19.6 Å². The van der Waals surface area contributed by atoms with Gasteiger partial charge in [0.15, 0.2) is 0 Å². The van der Waals surface area contributed by atoms with E-state index < -0.39 is 0 Å². The average molecular weight is 196 g/mol. The number of nitrogens with two attached hydrogens (primary N) is 1. The summed E-state index contributed by atoms with van der Waals surface area (Å²) in [5, 5.41) is 3.57. The van der Waals surface area contributed by atoms with E-state index in [4.69, 9.17) is 5.73 Å². The van der Waals surface area contributed by atoms with Crippen molar-refractivity contribution in [3.63, 3.8) is 0 Å². The fourth-order valence-corrected chi connectivity index (χ4v) is 3.76. The van der Waals surface area contributed by atoms with Crippen LogP contribution in [0.1, 0.15) is 33.1 Å². The summed E-state index contributed by atoms with van der Waals surface area (Å²) in [4.78, 5) is 0. The van der Waals surface area contributed by atoms with Crippen LogP contribution in [-0.2, 0) is 0 Å². The van der Waals surface area contributed by atoms with Crippen molar-refractivity contribution in [3.05, 3.63) is 0 Å². The Balaban J connectivity index is 2.07. The van der Waals surface area contributed by atoms with E-state index >= 15 is 0 Å². The molecule has 3 N–H and O–H groups in total. The maximum atomic E-state index is 5.71. The second-order valence-electron chi connectivity index (χ2n) is 5.99. The van der Waals surface area contributed by atoms with Crippen molar-refractivity contribution in [2.45, 2.75) is 33.1 Å². The van der Waals surface area contributed by atoms with Gasteiger partial charge in [0.1, 0.15) is 0 Å². The lowest BCUT2D eigenvalue weighted by Crippen LogP contribution is -2.50. The predicted octanol–water partition coefficient (Wildman–Crippen LogP) is 1.61. The van der Waals surface area contributed by atoms with Crippen molar-refractivity contribution in [1.29, 1.82) is 0 Å². The summed E-state index contributed by atoms with van der Waals surface area (Å²) < 4.78 is 0. The van der Waals surface area contributed by atoms with E-state index in [2.05, 4.69) is 19.2 Å². The molecular weight excluding hydrogens is 172 g/mol. The minimum absolute atomic E-state index is 0.572. The highest BCUT2D eigenvalue weighted by Gasteiger charge is 2.42. The molecular formula is C12H24N2. The fraction of sp³-hybridized carbons (Fsp3) is 1.00. The lowest BCUT2D eigenvalue weighted by atomic mass is 9.59. The smallest absolute Gasteiger partial charge is 0.00174 e. The average Bonchev–Trinajstić information content (AvgIpc) is 2.06. The van der Waals surface area contributed by atoms with Gasteiger partial charge in [0.2, 0.25) is 0 Å². The molecule has 1 heterocycles. The highest BCUT2D eigenvalue weighted by atomic mass is 14.9. The van der Waals surface area contributed by atoms with E-state index in [-0.39, 0.29) is 0 Å². The molecule has 82 valence electrons. The van der Waals surface area contributed by atoms with Crippen LogP contribution in [0.25, 0.3) is 0 Å². The summed E-state index contributed by atoms with van der Waals surface area (Å²) in [6.07, 6.45) is 4.02. The van der Waals surface area contributed by atoms with Crippen molar-refractivity contribution < 1.29 is 0 Å². The molecule has 2 unspecified atom stereocenters. The second kappa shape index (κ2) is 3.82. The highest BCUT2D eigenvalue weighted by Crippen LogP contribution is 2.47. The van der Waals surface area contributed by atoms with Gasteiger partial charge in [-0.1, -0.05) is 13.8 Å². The van der Waals surface area contributed by atoms with Gasteiger partial charge in [0.25, 0.3) is 0 Å². The molecule has 0 aromatic rings. The van der Waals surface area contributed by atoms with Gasteiger partial charge >= 0.3 is 0 Å². The lowest BCUT2D eigenvalue weighted by molar-refractivity contribution is 0.0250. The Labute approximate surface area is 87.6 Å². The lowest BCUT2D eigenvalue weighted by Gasteiger charge is -2.49. The van der Waals surface area contributed by atoms with Gasteiger partial charge in [-0.05, 0) is 62.1 Å². The molecule has 1 aliphatic carbocycles. The first-order valence-corrected chi connectivity index (χ1v) is 6.03. The minimum atomic E-state index is 0.572. The molecule has 0 spiro atoms. The minimum Gasteiger partial charge on any atom is -0.330 e. The Morgan fingerprint density at radius 3 is 2.29 bits per heavy atom. The summed E-state index contributed by atoms with van der Waals surface area (Å²) in [5.74, 6) is 2.69. The van der Waals surface area contributed by atoms with E-state index in [1.54, 1.807) is 0 Å². The Kier molecular flexibility index (Phi) is 2.85. The molecule has 0 amide bonds. The normalized spacial score (nSPS) is 40.9. The zero-order chi connectivity index (χ0) is 10.2. The number of hydrogen-bond donors (Lipinski definition) is 2. The van der Waals surface area contributed by atoms with Crippen LogP contribution in [0.15, 0.2) is 0 Å². The number of fused-ring (bicyclic) bond motifs is 2. The molecule has 2 rings (SSSR count). The zero-order valence-corrected chi connectivity index (χ0v) is 9.55. The molecule has 2 nitrogen and oxygen atoms in total. The molecule has 14 heavy (non-hydrogen) atoms. The predicted molar refractivity (Wildman–Crippen MR) is 60.0 cm³/mol. The molecule has 0 radical (unpaired) electrons. The van der Waals surface area contributed by atoms with Crippen LogP contribution in [0.3, 0.4) is 0 Å². The van der Waals surface area contributed by atoms with Gasteiger partial charge in [0.05, 0.1) is 0 Å². The molecule has 2 atom stereocenters. The Morgan fingerprint density at radius 1 is 1.21 bits per heavy atom. The van der Waals surface area contributed by atoms with Gasteiger partial charge in [0, 0.05) is 0 Å². The second-order valence-corrected chi connectivity index (χ2v) is 5.99. The van der Waals surface area contributed by atoms with Crippen molar-refractivity contribution in [2.75, 3.05) is 19.6 Å². The zero-order valence-electron chi connectivity index (χ0n) is 9.55. The molecule has 1 saturated carbocycles. The topological polar surface area (TPSA) is 38.0 Å². The summed E-state index contributed by atoms with van der Waals surface area (Å²) in [7, 11) is 0. The van der Waals surface area contributed by atoms with Gasteiger partial charge in [-0.15, -0.1) is 0 Å². The van der Waals surface area contributed by atoms with Crippen molar-refractivity contribution in [1.82, 2.24) is 5.32 Å². The Morgan fingerprint density at radius 2 is 1.79 bits per heavy atom. The maximum absolute atomic E-state index is 5.71. The number of hydrogen-bond acceptors (Lipinski definition) is 2. The van der Waals surface area contributed by atoms with E-state index in [0.717, 1.165) is 24.3 Å². The quantitative estimate of drug-likeness (QED) is 0.704. The Bertz CT molecular complexity index is 184. The number of nitrogens with one attached hydrogen (secondary N) is 1. The maximum Gasteiger partial charge on any atom is -0.00174 e. The van der Waals surface area contributed by atoms with E-state index in [1.165, 1.54) is 32.4 Å². The van der Waals surface area contributed by atoms with Crippen LogP contribution in [0.2, 0.25) is 0 Å². The third-order valence-electron chi connectivity index (χ3n) is 4.15. The fourth-order valence-electron chi connectivity index (χ4n) is 3.76. The molecule has 1 aliphatic heterocycles. The standard InChI is InChI=1S/C12H24N2/c1-12(2)5-9-7-14-8-10(6-12)11(9)3-4-13/h9-11,14H,3-8,13H2,1-2H3. The molecule has 0 aromatic carbocycles. The molecule has 2 fully saturated rings. The largest absolute Gasteiger partial charge is 0.330 e. The number of piperidine rings is 1. The van der Waals surface area contributed by atoms with Crippen molar-refractivity contribution in [3.8, 4) is 0 Å². The molecule has 1 saturated heterocycles. The molecule has 2 aliphatic rings. The first kappa shape index (κ1) is 10.4. The SMILES string of the molecule is CC1(C)CC2CNCC(C1)C2CCN. The van der Waals surface area contributed by atoms with Crippen LogP contribution in [0, 0.1) is 23.2 Å². The molecule has 2 heteroatoms. The molecule has 0 aromatic heterocycles. The van der Waals surface area contributed by atoms with Gasteiger partial charge in [-0.2, -0.15) is 0 Å². The first-order chi connectivity index (χ1) is 6.62. The summed E-state index contributed by atoms with van der Waals surface area (Å²) in [6, 6.07) is 0. The van der Waals surface area contributed by atoms with Gasteiger partial charge in [-0.3, -0.25) is 0 Å². The first-order valence-electron chi connectivity index (χ1n) is 6.03. The third kappa shape index (κ3) is 1.96.